The van der Waals surface area contributed by atoms with Gasteiger partial charge in [-0.15, -0.1) is 0 Å². The van der Waals surface area contributed by atoms with E-state index in [2.05, 4.69) is 12.2 Å². The van der Waals surface area contributed by atoms with Crippen LogP contribution in [-0.2, 0) is 16.1 Å². The molecule has 4 rings (SSSR count). The molecule has 1 fully saturated rings. The van der Waals surface area contributed by atoms with E-state index in [0.717, 1.165) is 24.8 Å². The maximum absolute atomic E-state index is 13.6. The van der Waals surface area contributed by atoms with Gasteiger partial charge in [0.25, 0.3) is 5.91 Å². The number of fused-ring (bicyclic) bond motifs is 3. The van der Waals surface area contributed by atoms with Gasteiger partial charge in [-0.2, -0.15) is 0 Å². The van der Waals surface area contributed by atoms with E-state index in [1.807, 2.05) is 24.5 Å². The summed E-state index contributed by atoms with van der Waals surface area (Å²) in [6, 6.07) is 3.82. The Bertz CT molecular complexity index is 917. The highest BCUT2D eigenvalue weighted by atomic mass is 16.5. The maximum atomic E-state index is 13.6. The van der Waals surface area contributed by atoms with Gasteiger partial charge in [-0.1, -0.05) is 19.8 Å². The molecule has 164 valence electrons. The summed E-state index contributed by atoms with van der Waals surface area (Å²) in [4.78, 5) is 28.8. The summed E-state index contributed by atoms with van der Waals surface area (Å²) in [5.41, 5.74) is 1.16. The van der Waals surface area contributed by atoms with E-state index in [9.17, 15) is 9.59 Å². The van der Waals surface area contributed by atoms with Crippen LogP contribution in [0.2, 0.25) is 0 Å². The molecule has 0 spiro atoms. The molecule has 2 aromatic heterocycles. The molecule has 30 heavy (non-hydrogen) atoms. The monoisotopic (exact) mass is 415 g/mol. The van der Waals surface area contributed by atoms with Crippen molar-refractivity contribution >= 4 is 22.9 Å². The third kappa shape index (κ3) is 3.64. The van der Waals surface area contributed by atoms with Crippen molar-refractivity contribution in [2.45, 2.75) is 71.0 Å². The predicted molar refractivity (Wildman–Crippen MR) is 114 cm³/mol. The van der Waals surface area contributed by atoms with Crippen molar-refractivity contribution in [1.29, 1.82) is 0 Å². The molecule has 1 N–H and O–H groups in total. The first-order valence-electron chi connectivity index (χ1n) is 11.2. The number of carbonyl (C=O) groups excluding carboxylic acids is 2. The topological polar surface area (TPSA) is 76.7 Å². The number of nitrogens with one attached hydrogen (secondary N) is 1. The number of carbonyl (C=O) groups is 2. The summed E-state index contributed by atoms with van der Waals surface area (Å²) < 4.78 is 12.9. The fourth-order valence-electron chi connectivity index (χ4n) is 4.95. The molecule has 0 aromatic carbocycles. The fourth-order valence-corrected chi connectivity index (χ4v) is 4.95. The van der Waals surface area contributed by atoms with E-state index in [1.165, 1.54) is 6.42 Å². The van der Waals surface area contributed by atoms with Gasteiger partial charge >= 0.3 is 0 Å². The Kier molecular flexibility index (Phi) is 5.91. The van der Waals surface area contributed by atoms with E-state index >= 15 is 0 Å². The molecule has 7 nitrogen and oxygen atoms in total. The first kappa shape index (κ1) is 21.0. The molecule has 0 bridgehead atoms. The minimum atomic E-state index is -0.962. The molecule has 0 saturated heterocycles. The molecular formula is C23H33N3O4. The number of aromatic nitrogens is 1. The Morgan fingerprint density at radius 1 is 1.37 bits per heavy atom. The lowest BCUT2D eigenvalue weighted by Gasteiger charge is -2.45. The number of amides is 2. The molecule has 0 unspecified atom stereocenters. The first-order valence-corrected chi connectivity index (χ1v) is 11.2. The normalized spacial score (nSPS) is 26.8. The second kappa shape index (κ2) is 8.46. The number of nitrogens with zero attached hydrogens (tertiary/aromatic N) is 2. The molecule has 2 amide bonds. The lowest BCUT2D eigenvalue weighted by molar-refractivity contribution is -0.134. The summed E-state index contributed by atoms with van der Waals surface area (Å²) in [6.45, 7) is 8.16. The van der Waals surface area contributed by atoms with Gasteiger partial charge in [-0.3, -0.25) is 9.59 Å². The Balaban J connectivity index is 1.63. The van der Waals surface area contributed by atoms with Crippen LogP contribution in [0.5, 0.6) is 0 Å². The SMILES string of the molecule is CCOCCCN1C(=O)c2cc3occc3n2C[C@]1(C)C(=O)N[C@@H]1CCCC[C@H]1C. The van der Waals surface area contributed by atoms with Crippen LogP contribution in [0.1, 0.15) is 63.4 Å². The van der Waals surface area contributed by atoms with Gasteiger partial charge in [-0.25, -0.2) is 0 Å². The quantitative estimate of drug-likeness (QED) is 0.702. The lowest BCUT2D eigenvalue weighted by Crippen LogP contribution is -2.65. The summed E-state index contributed by atoms with van der Waals surface area (Å²) >= 11 is 0. The van der Waals surface area contributed by atoms with Crippen LogP contribution in [0.15, 0.2) is 22.8 Å². The zero-order chi connectivity index (χ0) is 21.3. The van der Waals surface area contributed by atoms with Crippen LogP contribution < -0.4 is 5.32 Å². The Morgan fingerprint density at radius 3 is 2.93 bits per heavy atom. The third-order valence-corrected chi connectivity index (χ3v) is 6.84. The predicted octanol–water partition coefficient (Wildman–Crippen LogP) is 3.57. The van der Waals surface area contributed by atoms with Crippen molar-refractivity contribution in [3.63, 3.8) is 0 Å². The lowest BCUT2D eigenvalue weighted by atomic mass is 9.85. The van der Waals surface area contributed by atoms with Gasteiger partial charge in [0.2, 0.25) is 5.91 Å². The third-order valence-electron chi connectivity index (χ3n) is 6.84. The standard InChI is InChI=1S/C23H33N3O4/c1-4-29-12-7-11-26-21(27)19-14-20-18(10-13-30-20)25(19)15-23(26,3)22(28)24-17-9-6-5-8-16(17)2/h10,13-14,16-17H,4-9,11-12,15H2,1-3H3,(H,24,28)/t16-,17-,23-/m1/s1. The minimum absolute atomic E-state index is 0.0676. The van der Waals surface area contributed by atoms with E-state index in [1.54, 1.807) is 17.2 Å². The van der Waals surface area contributed by atoms with Crippen molar-refractivity contribution in [3.05, 3.63) is 24.1 Å². The zero-order valence-corrected chi connectivity index (χ0v) is 18.3. The Morgan fingerprint density at radius 2 is 2.17 bits per heavy atom. The van der Waals surface area contributed by atoms with Crippen LogP contribution in [0, 0.1) is 5.92 Å². The van der Waals surface area contributed by atoms with Crippen molar-refractivity contribution in [2.24, 2.45) is 5.92 Å². The molecule has 2 aliphatic rings. The number of ether oxygens (including phenoxy) is 1. The van der Waals surface area contributed by atoms with Gasteiger partial charge in [-0.05, 0) is 39.0 Å². The number of hydrogen-bond donors (Lipinski definition) is 1. The summed E-state index contributed by atoms with van der Waals surface area (Å²) in [5.74, 6) is 0.264. The molecule has 3 heterocycles. The number of furan rings is 1. The van der Waals surface area contributed by atoms with E-state index in [4.69, 9.17) is 9.15 Å². The average Bonchev–Trinajstić information content (AvgIpc) is 3.31. The molecule has 2 aromatic rings. The van der Waals surface area contributed by atoms with Gasteiger partial charge in [0.15, 0.2) is 5.58 Å². The van der Waals surface area contributed by atoms with Crippen LogP contribution >= 0.6 is 0 Å². The molecule has 3 atom stereocenters. The first-order chi connectivity index (χ1) is 14.5. The number of rotatable bonds is 7. The van der Waals surface area contributed by atoms with E-state index in [-0.39, 0.29) is 17.9 Å². The molecule has 1 aliphatic carbocycles. The van der Waals surface area contributed by atoms with Gasteiger partial charge < -0.3 is 23.9 Å². The van der Waals surface area contributed by atoms with Crippen molar-refractivity contribution in [2.75, 3.05) is 19.8 Å². The van der Waals surface area contributed by atoms with Crippen molar-refractivity contribution in [1.82, 2.24) is 14.8 Å². The highest BCUT2D eigenvalue weighted by Crippen LogP contribution is 2.33. The van der Waals surface area contributed by atoms with Crippen LogP contribution in [-0.4, -0.2) is 52.6 Å². The smallest absolute Gasteiger partial charge is 0.271 e. The molecule has 0 radical (unpaired) electrons. The second-order valence-electron chi connectivity index (χ2n) is 8.91. The van der Waals surface area contributed by atoms with Crippen LogP contribution in [0.4, 0.5) is 0 Å². The average molecular weight is 416 g/mol. The molecule has 1 saturated carbocycles. The summed E-state index contributed by atoms with van der Waals surface area (Å²) in [5, 5.41) is 3.30. The Labute approximate surface area is 177 Å². The van der Waals surface area contributed by atoms with Gasteiger partial charge in [0, 0.05) is 37.9 Å². The number of hydrogen-bond acceptors (Lipinski definition) is 4. The van der Waals surface area contributed by atoms with E-state index in [0.29, 0.717) is 49.9 Å². The largest absolute Gasteiger partial charge is 0.463 e. The van der Waals surface area contributed by atoms with Crippen LogP contribution in [0.3, 0.4) is 0 Å². The molecular weight excluding hydrogens is 382 g/mol. The molecule has 7 heteroatoms. The summed E-state index contributed by atoms with van der Waals surface area (Å²) in [6.07, 6.45) is 6.81. The van der Waals surface area contributed by atoms with Crippen LogP contribution in [0.25, 0.3) is 11.1 Å². The summed E-state index contributed by atoms with van der Waals surface area (Å²) in [7, 11) is 0. The van der Waals surface area contributed by atoms with Crippen molar-refractivity contribution < 1.29 is 18.7 Å². The molecule has 1 aliphatic heterocycles. The van der Waals surface area contributed by atoms with Gasteiger partial charge in [0.1, 0.15) is 11.2 Å². The maximum Gasteiger partial charge on any atom is 0.271 e. The fraction of sp³-hybridized carbons (Fsp3) is 0.652. The highest BCUT2D eigenvalue weighted by molar-refractivity contribution is 6.02. The van der Waals surface area contributed by atoms with Crippen molar-refractivity contribution in [3.8, 4) is 0 Å². The Hall–Kier alpha value is -2.28. The minimum Gasteiger partial charge on any atom is -0.463 e. The zero-order valence-electron chi connectivity index (χ0n) is 18.3. The van der Waals surface area contributed by atoms with Gasteiger partial charge in [0.05, 0.1) is 18.3 Å². The second-order valence-corrected chi connectivity index (χ2v) is 8.91. The highest BCUT2D eigenvalue weighted by Gasteiger charge is 2.48. The van der Waals surface area contributed by atoms with E-state index < -0.39 is 5.54 Å².